The molecule has 0 atom stereocenters. The van der Waals surface area contributed by atoms with E-state index < -0.39 is 0 Å². The van der Waals surface area contributed by atoms with E-state index in [4.69, 9.17) is 5.73 Å². The Hall–Kier alpha value is -0.610. The van der Waals surface area contributed by atoms with Crippen LogP contribution in [0, 0.1) is 0 Å². The number of nitrogens with two attached hydrogens (primary N) is 1. The minimum absolute atomic E-state index is 0.176. The topological polar surface area (TPSA) is 58.4 Å². The Morgan fingerprint density at radius 3 is 2.47 bits per heavy atom. The second-order valence-electron chi connectivity index (χ2n) is 4.88. The Morgan fingerprint density at radius 2 is 1.88 bits per heavy atom. The summed E-state index contributed by atoms with van der Waals surface area (Å²) in [5.74, 6) is 0.176. The van der Waals surface area contributed by atoms with Crippen molar-refractivity contribution in [2.24, 2.45) is 5.73 Å². The number of nitrogens with one attached hydrogen (secondary N) is 1. The number of unbranched alkanes of at least 4 members (excludes halogenated alkanes) is 3. The van der Waals surface area contributed by atoms with Gasteiger partial charge in [-0.15, -0.1) is 0 Å². The van der Waals surface area contributed by atoms with Crippen molar-refractivity contribution >= 4 is 5.91 Å². The maximum atomic E-state index is 11.5. The molecule has 17 heavy (non-hydrogen) atoms. The third-order valence-corrected chi connectivity index (χ3v) is 3.03. The lowest BCUT2D eigenvalue weighted by Crippen LogP contribution is -2.36. The predicted octanol–water partition coefficient (Wildman–Crippen LogP) is 1.35. The van der Waals surface area contributed by atoms with Crippen molar-refractivity contribution in [3.8, 4) is 0 Å². The molecule has 4 heteroatoms. The van der Waals surface area contributed by atoms with Crippen LogP contribution in [0.15, 0.2) is 0 Å². The molecule has 0 aliphatic heterocycles. The van der Waals surface area contributed by atoms with Gasteiger partial charge in [-0.2, -0.15) is 0 Å². The second kappa shape index (κ2) is 10.5. The monoisotopic (exact) mass is 243 g/mol. The average Bonchev–Trinajstić information content (AvgIpc) is 2.28. The number of nitrogens with zero attached hydrogens (tertiary/aromatic N) is 1. The highest BCUT2D eigenvalue weighted by atomic mass is 16.1. The third kappa shape index (κ3) is 10.3. The largest absolute Gasteiger partial charge is 0.355 e. The molecule has 0 heterocycles. The lowest BCUT2D eigenvalue weighted by molar-refractivity contribution is -0.121. The number of amides is 1. The van der Waals surface area contributed by atoms with Crippen molar-refractivity contribution in [3.05, 3.63) is 0 Å². The summed E-state index contributed by atoms with van der Waals surface area (Å²) < 4.78 is 0. The molecule has 0 aromatic rings. The summed E-state index contributed by atoms with van der Waals surface area (Å²) in [5, 5.41) is 2.95. The Bertz CT molecular complexity index is 195. The molecule has 3 N–H and O–H groups in total. The first kappa shape index (κ1) is 16.4. The molecule has 0 saturated heterocycles. The highest BCUT2D eigenvalue weighted by Gasteiger charge is 2.04. The smallest absolute Gasteiger partial charge is 0.220 e. The SMILES string of the molecule is CC(C)N(C)CCNC(=O)CCCCCCN. The van der Waals surface area contributed by atoms with E-state index in [2.05, 4.69) is 31.1 Å². The van der Waals surface area contributed by atoms with Crippen LogP contribution < -0.4 is 11.1 Å². The van der Waals surface area contributed by atoms with Gasteiger partial charge in [0.25, 0.3) is 0 Å². The van der Waals surface area contributed by atoms with Crippen molar-refractivity contribution in [2.75, 3.05) is 26.7 Å². The zero-order valence-electron chi connectivity index (χ0n) is 11.7. The molecule has 1 amide bonds. The zero-order valence-corrected chi connectivity index (χ0v) is 11.7. The van der Waals surface area contributed by atoms with Gasteiger partial charge in [0, 0.05) is 25.6 Å². The van der Waals surface area contributed by atoms with E-state index in [0.29, 0.717) is 12.5 Å². The third-order valence-electron chi connectivity index (χ3n) is 3.03. The number of carbonyl (C=O) groups is 1. The van der Waals surface area contributed by atoms with Gasteiger partial charge in [-0.1, -0.05) is 12.8 Å². The second-order valence-corrected chi connectivity index (χ2v) is 4.88. The molecule has 0 radical (unpaired) electrons. The molecule has 0 spiro atoms. The van der Waals surface area contributed by atoms with Crippen molar-refractivity contribution < 1.29 is 4.79 Å². The first-order valence-electron chi connectivity index (χ1n) is 6.75. The van der Waals surface area contributed by atoms with Crippen molar-refractivity contribution in [1.82, 2.24) is 10.2 Å². The van der Waals surface area contributed by atoms with Crippen LogP contribution in [0.3, 0.4) is 0 Å². The van der Waals surface area contributed by atoms with Crippen molar-refractivity contribution in [1.29, 1.82) is 0 Å². The molecule has 0 unspecified atom stereocenters. The minimum atomic E-state index is 0.176. The number of carbonyl (C=O) groups excluding carboxylic acids is 1. The van der Waals surface area contributed by atoms with E-state index in [1.165, 1.54) is 0 Å². The molecular weight excluding hydrogens is 214 g/mol. The molecule has 102 valence electrons. The average molecular weight is 243 g/mol. The molecular formula is C13H29N3O. The van der Waals surface area contributed by atoms with Gasteiger partial charge in [-0.05, 0) is 40.3 Å². The number of hydrogen-bond donors (Lipinski definition) is 2. The number of hydrogen-bond acceptors (Lipinski definition) is 3. The summed E-state index contributed by atoms with van der Waals surface area (Å²) >= 11 is 0. The predicted molar refractivity (Wildman–Crippen MR) is 72.9 cm³/mol. The Morgan fingerprint density at radius 1 is 1.24 bits per heavy atom. The van der Waals surface area contributed by atoms with E-state index in [-0.39, 0.29) is 5.91 Å². The van der Waals surface area contributed by atoms with Crippen LogP contribution in [-0.2, 0) is 4.79 Å². The van der Waals surface area contributed by atoms with Crippen molar-refractivity contribution in [2.45, 2.75) is 52.0 Å². The fourth-order valence-electron chi connectivity index (χ4n) is 1.50. The highest BCUT2D eigenvalue weighted by molar-refractivity contribution is 5.75. The molecule has 0 rings (SSSR count). The quantitative estimate of drug-likeness (QED) is 0.569. The molecule has 0 aromatic heterocycles. The first-order chi connectivity index (χ1) is 8.07. The summed E-state index contributed by atoms with van der Waals surface area (Å²) in [6.07, 6.45) is 4.94. The van der Waals surface area contributed by atoms with Gasteiger partial charge in [0.1, 0.15) is 0 Å². The Kier molecular flexibility index (Phi) is 10.2. The zero-order chi connectivity index (χ0) is 13.1. The normalized spacial score (nSPS) is 11.2. The molecule has 0 fully saturated rings. The van der Waals surface area contributed by atoms with Crippen LogP contribution in [0.1, 0.15) is 46.0 Å². The molecule has 0 saturated carbocycles. The van der Waals surface area contributed by atoms with Gasteiger partial charge in [-0.25, -0.2) is 0 Å². The standard InChI is InChI=1S/C13H29N3O/c1-12(2)16(3)11-10-15-13(17)8-6-4-5-7-9-14/h12H,4-11,14H2,1-3H3,(H,15,17). The lowest BCUT2D eigenvalue weighted by atomic mass is 10.1. The van der Waals surface area contributed by atoms with Crippen LogP contribution in [0.25, 0.3) is 0 Å². The number of likely N-dealkylation sites (N-methyl/N-ethyl adjacent to an activating group) is 1. The van der Waals surface area contributed by atoms with E-state index in [1.54, 1.807) is 0 Å². The van der Waals surface area contributed by atoms with Gasteiger partial charge in [0.2, 0.25) is 5.91 Å². The molecule has 4 nitrogen and oxygen atoms in total. The van der Waals surface area contributed by atoms with Crippen molar-refractivity contribution in [3.63, 3.8) is 0 Å². The Balaban J connectivity index is 3.35. The van der Waals surface area contributed by atoms with Gasteiger partial charge < -0.3 is 16.0 Å². The summed E-state index contributed by atoms with van der Waals surface area (Å²) in [6, 6.07) is 0.531. The summed E-state index contributed by atoms with van der Waals surface area (Å²) in [7, 11) is 2.07. The lowest BCUT2D eigenvalue weighted by Gasteiger charge is -2.20. The summed E-state index contributed by atoms with van der Waals surface area (Å²) in [4.78, 5) is 13.7. The Labute approximate surface area is 106 Å². The summed E-state index contributed by atoms with van der Waals surface area (Å²) in [5.41, 5.74) is 5.41. The fraction of sp³-hybridized carbons (Fsp3) is 0.923. The maximum absolute atomic E-state index is 11.5. The maximum Gasteiger partial charge on any atom is 0.220 e. The highest BCUT2D eigenvalue weighted by Crippen LogP contribution is 2.01. The first-order valence-corrected chi connectivity index (χ1v) is 6.75. The van der Waals surface area contributed by atoms with Gasteiger partial charge in [0.05, 0.1) is 0 Å². The van der Waals surface area contributed by atoms with Gasteiger partial charge in [-0.3, -0.25) is 4.79 Å². The number of rotatable bonds is 10. The fourth-order valence-corrected chi connectivity index (χ4v) is 1.50. The van der Waals surface area contributed by atoms with Gasteiger partial charge >= 0.3 is 0 Å². The van der Waals surface area contributed by atoms with E-state index >= 15 is 0 Å². The van der Waals surface area contributed by atoms with Crippen LogP contribution >= 0.6 is 0 Å². The van der Waals surface area contributed by atoms with Crippen LogP contribution in [0.4, 0.5) is 0 Å². The molecule has 0 bridgehead atoms. The molecule has 0 aliphatic carbocycles. The summed E-state index contributed by atoms with van der Waals surface area (Å²) in [6.45, 7) is 6.72. The molecule has 0 aliphatic rings. The minimum Gasteiger partial charge on any atom is -0.355 e. The van der Waals surface area contributed by atoms with Gasteiger partial charge in [0.15, 0.2) is 0 Å². The van der Waals surface area contributed by atoms with E-state index in [9.17, 15) is 4.79 Å². The van der Waals surface area contributed by atoms with Crippen LogP contribution in [0.2, 0.25) is 0 Å². The molecule has 0 aromatic carbocycles. The van der Waals surface area contributed by atoms with Crippen LogP contribution in [0.5, 0.6) is 0 Å². The van der Waals surface area contributed by atoms with E-state index in [0.717, 1.165) is 45.3 Å². The van der Waals surface area contributed by atoms with E-state index in [1.807, 2.05) is 0 Å². The van der Waals surface area contributed by atoms with Crippen LogP contribution in [-0.4, -0.2) is 43.5 Å².